The van der Waals surface area contributed by atoms with E-state index in [1.54, 1.807) is 14.7 Å². The second-order valence-electron chi connectivity index (χ2n) is 10.1. The zero-order chi connectivity index (χ0) is 33.8. The number of aliphatic carboxylic acids is 2. The van der Waals surface area contributed by atoms with Gasteiger partial charge >= 0.3 is 31.7 Å². The number of esters is 2. The van der Waals surface area contributed by atoms with Gasteiger partial charge in [0.1, 0.15) is 12.9 Å². The number of carboxylic acids is 2. The summed E-state index contributed by atoms with van der Waals surface area (Å²) in [4.78, 5) is 85.6. The fourth-order valence-electron chi connectivity index (χ4n) is 4.11. The number of aldehydes is 1. The molecule has 4 N–H and O–H groups in total. The molecule has 1 rings (SSSR count). The van der Waals surface area contributed by atoms with E-state index in [1.807, 2.05) is 4.90 Å². The quantitative estimate of drug-likeness (QED) is 0.0503. The molecule has 2 atom stereocenters. The lowest BCUT2D eigenvalue weighted by atomic mass is 10.3. The highest BCUT2D eigenvalue weighted by Gasteiger charge is 2.26. The number of carbonyl (C=O) groups is 6. The highest BCUT2D eigenvalue weighted by atomic mass is 31.2. The zero-order valence-corrected chi connectivity index (χ0v) is 26.4. The lowest BCUT2D eigenvalue weighted by molar-refractivity contribution is -0.158. The Bertz CT molecular complexity index is 1030. The van der Waals surface area contributed by atoms with Gasteiger partial charge in [0, 0.05) is 72.8 Å². The van der Waals surface area contributed by atoms with Crippen molar-refractivity contribution in [1.82, 2.24) is 24.9 Å². The van der Waals surface area contributed by atoms with Gasteiger partial charge < -0.3 is 34.7 Å². The van der Waals surface area contributed by atoms with E-state index in [9.17, 15) is 48.4 Å². The summed E-state index contributed by atoms with van der Waals surface area (Å²) in [7, 11) is -4.62. The largest absolute Gasteiger partial charge is 0.480 e. The molecule has 20 heteroatoms. The molecular weight excluding hydrogens is 625 g/mol. The predicted octanol–water partition coefficient (Wildman–Crippen LogP) is -2.68. The Morgan fingerprint density at radius 1 is 0.778 bits per heavy atom. The van der Waals surface area contributed by atoms with Gasteiger partial charge in [0.2, 0.25) is 5.91 Å². The van der Waals surface area contributed by atoms with Crippen LogP contribution in [0.15, 0.2) is 0 Å². The Morgan fingerprint density at radius 2 is 1.27 bits per heavy atom. The molecule has 1 fully saturated rings. The van der Waals surface area contributed by atoms with E-state index in [0.29, 0.717) is 39.3 Å². The van der Waals surface area contributed by atoms with E-state index in [0.717, 1.165) is 20.1 Å². The summed E-state index contributed by atoms with van der Waals surface area (Å²) < 4.78 is 31.4. The normalized spacial score (nSPS) is 18.4. The van der Waals surface area contributed by atoms with E-state index < -0.39 is 63.5 Å². The maximum absolute atomic E-state index is 12.7. The van der Waals surface area contributed by atoms with Gasteiger partial charge in [-0.15, -0.1) is 0 Å². The second kappa shape index (κ2) is 21.7. The Labute approximate surface area is 260 Å². The van der Waals surface area contributed by atoms with Crippen molar-refractivity contribution in [3.8, 4) is 0 Å². The number of hydrogen-bond donors (Lipinski definition) is 4. The molecule has 0 aromatic rings. The number of phosphoric acid groups is 1. The van der Waals surface area contributed by atoms with E-state index in [-0.39, 0.29) is 45.8 Å². The minimum Gasteiger partial charge on any atom is -0.480 e. The molecule has 19 nitrogen and oxygen atoms in total. The van der Waals surface area contributed by atoms with Crippen LogP contribution in [0.25, 0.3) is 0 Å². The maximum Gasteiger partial charge on any atom is 0.472 e. The number of nitrogens with one attached hydrogen (secondary N) is 1. The second-order valence-corrected chi connectivity index (χ2v) is 11.5. The monoisotopic (exact) mass is 669 g/mol. The summed E-state index contributed by atoms with van der Waals surface area (Å²) in [6.07, 6.45) is -0.410. The SMILES string of the molecule is CC(=O)OCC(COP(=O)(O)OCCNC(=O)CN1CCN(CC=O)CCN(CC(=O)O)CCN(CC(=O)O)CC1)OC(C)=O. The molecule has 0 spiro atoms. The van der Waals surface area contributed by atoms with E-state index in [2.05, 4.69) is 5.32 Å². The molecule has 0 aromatic carbocycles. The van der Waals surface area contributed by atoms with Crippen LogP contribution in [-0.2, 0) is 51.9 Å². The third kappa shape index (κ3) is 20.6. The number of nitrogens with zero attached hydrogens (tertiary/aromatic N) is 4. The summed E-state index contributed by atoms with van der Waals surface area (Å²) >= 11 is 0. The summed E-state index contributed by atoms with van der Waals surface area (Å²) in [5.41, 5.74) is 0. The molecule has 1 saturated heterocycles. The third-order valence-corrected chi connectivity index (χ3v) is 7.24. The number of ether oxygens (including phenoxy) is 2. The minimum atomic E-state index is -4.62. The van der Waals surface area contributed by atoms with Gasteiger partial charge in [-0.2, -0.15) is 0 Å². The topological polar surface area (TPSA) is 242 Å². The highest BCUT2D eigenvalue weighted by Crippen LogP contribution is 2.43. The maximum atomic E-state index is 12.7. The van der Waals surface area contributed by atoms with Crippen LogP contribution in [0.2, 0.25) is 0 Å². The first-order valence-electron chi connectivity index (χ1n) is 14.1. The van der Waals surface area contributed by atoms with Crippen LogP contribution in [-0.4, -0.2) is 182 Å². The molecule has 45 heavy (non-hydrogen) atoms. The first-order valence-corrected chi connectivity index (χ1v) is 15.6. The van der Waals surface area contributed by atoms with Crippen molar-refractivity contribution < 1.29 is 67.0 Å². The number of rotatable bonds is 18. The van der Waals surface area contributed by atoms with Gasteiger partial charge in [0.25, 0.3) is 0 Å². The molecule has 258 valence electrons. The van der Waals surface area contributed by atoms with Gasteiger partial charge in [-0.25, -0.2) is 4.57 Å². The first kappa shape index (κ1) is 40.0. The van der Waals surface area contributed by atoms with Crippen molar-refractivity contribution in [2.75, 3.05) is 105 Å². The van der Waals surface area contributed by atoms with Gasteiger partial charge in [0.05, 0.1) is 39.4 Å². The van der Waals surface area contributed by atoms with Crippen molar-refractivity contribution in [3.63, 3.8) is 0 Å². The molecule has 0 saturated carbocycles. The van der Waals surface area contributed by atoms with Crippen molar-refractivity contribution in [2.45, 2.75) is 20.0 Å². The summed E-state index contributed by atoms with van der Waals surface area (Å²) in [5, 5.41) is 21.1. The van der Waals surface area contributed by atoms with Crippen LogP contribution in [0.4, 0.5) is 0 Å². The molecule has 0 bridgehead atoms. The molecule has 0 radical (unpaired) electrons. The number of hydrogen-bond acceptors (Lipinski definition) is 15. The smallest absolute Gasteiger partial charge is 0.472 e. The van der Waals surface area contributed by atoms with Crippen LogP contribution in [0.1, 0.15) is 13.8 Å². The molecule has 1 aliphatic rings. The molecule has 0 aromatic heterocycles. The lowest BCUT2D eigenvalue weighted by Crippen LogP contribution is -2.49. The number of carboxylic acid groups (broad SMARTS) is 2. The third-order valence-electron chi connectivity index (χ3n) is 6.25. The average Bonchev–Trinajstić information content (AvgIpc) is 2.93. The fraction of sp³-hybridized carbons (Fsp3) is 0.760. The van der Waals surface area contributed by atoms with Crippen molar-refractivity contribution in [3.05, 3.63) is 0 Å². The molecule has 2 unspecified atom stereocenters. The molecular formula is C25H44N5O14P. The van der Waals surface area contributed by atoms with Crippen molar-refractivity contribution in [2.24, 2.45) is 0 Å². The van der Waals surface area contributed by atoms with Crippen LogP contribution in [0.5, 0.6) is 0 Å². The van der Waals surface area contributed by atoms with Gasteiger partial charge in [0.15, 0.2) is 6.10 Å². The zero-order valence-electron chi connectivity index (χ0n) is 25.5. The lowest BCUT2D eigenvalue weighted by Gasteiger charge is -2.32. The van der Waals surface area contributed by atoms with Crippen LogP contribution >= 0.6 is 7.82 Å². The Kier molecular flexibility index (Phi) is 19.3. The molecule has 0 aliphatic carbocycles. The minimum absolute atomic E-state index is 0.103. The van der Waals surface area contributed by atoms with Crippen LogP contribution in [0, 0.1) is 0 Å². The van der Waals surface area contributed by atoms with Crippen LogP contribution < -0.4 is 5.32 Å². The molecule has 1 aliphatic heterocycles. The van der Waals surface area contributed by atoms with E-state index in [1.165, 1.54) is 0 Å². The van der Waals surface area contributed by atoms with E-state index in [4.69, 9.17) is 18.5 Å². The van der Waals surface area contributed by atoms with Gasteiger partial charge in [-0.05, 0) is 0 Å². The molecule has 1 amide bonds. The summed E-state index contributed by atoms with van der Waals surface area (Å²) in [6.45, 7) is 2.76. The number of carbonyl (C=O) groups excluding carboxylic acids is 4. The Morgan fingerprint density at radius 3 is 1.71 bits per heavy atom. The Hall–Kier alpha value is -3.03. The Balaban J connectivity index is 2.69. The van der Waals surface area contributed by atoms with Gasteiger partial charge in [-0.1, -0.05) is 0 Å². The number of phosphoric ester groups is 1. The highest BCUT2D eigenvalue weighted by molar-refractivity contribution is 7.47. The molecule has 1 heterocycles. The summed E-state index contributed by atoms with van der Waals surface area (Å²) in [6, 6.07) is 0. The fourth-order valence-corrected chi connectivity index (χ4v) is 4.86. The van der Waals surface area contributed by atoms with Crippen molar-refractivity contribution >= 4 is 43.9 Å². The predicted molar refractivity (Wildman–Crippen MR) is 154 cm³/mol. The van der Waals surface area contributed by atoms with Crippen LogP contribution in [0.3, 0.4) is 0 Å². The average molecular weight is 670 g/mol. The van der Waals surface area contributed by atoms with E-state index >= 15 is 0 Å². The summed E-state index contributed by atoms with van der Waals surface area (Å²) in [5.74, 6) is -3.90. The first-order chi connectivity index (χ1) is 21.2. The van der Waals surface area contributed by atoms with Crippen molar-refractivity contribution in [1.29, 1.82) is 0 Å². The van der Waals surface area contributed by atoms with Gasteiger partial charge in [-0.3, -0.25) is 52.6 Å². The standard InChI is InChI=1S/C25H44N5O14P/c1-20(32)41-18-22(44-21(2)33)19-43-45(39,40)42-14-3-26-23(34)15-28-6-4-27(12-13-31)5-7-29(16-24(35)36)10-11-30(9-8-28)17-25(37)38/h13,22H,3-12,14-19H2,1-2H3,(H,26,34)(H,35,36)(H,37,38)(H,39,40). The number of amides is 1.